The highest BCUT2D eigenvalue weighted by Gasteiger charge is 2.10. The van der Waals surface area contributed by atoms with Crippen LogP contribution < -0.4 is 25.6 Å². The van der Waals surface area contributed by atoms with Crippen LogP contribution in [0.3, 0.4) is 0 Å². The second-order valence-corrected chi connectivity index (χ2v) is 6.36. The normalized spacial score (nSPS) is 10.1. The molecular formula is C20H25N3O3S. The third kappa shape index (κ3) is 5.59. The fraction of sp³-hybridized carbons (Fsp3) is 0.300. The number of hydrogen-bond acceptors (Lipinski definition) is 4. The van der Waals surface area contributed by atoms with Gasteiger partial charge in [-0.05, 0) is 54.4 Å². The Morgan fingerprint density at radius 2 is 1.81 bits per heavy atom. The van der Waals surface area contributed by atoms with Gasteiger partial charge in [-0.25, -0.2) is 0 Å². The molecule has 0 radical (unpaired) electrons. The van der Waals surface area contributed by atoms with Gasteiger partial charge in [-0.2, -0.15) is 0 Å². The van der Waals surface area contributed by atoms with E-state index >= 15 is 0 Å². The SMILES string of the molecule is CCc1cccc(C)c1NC(=S)NNC(=O)Cc1ccc(OC)c(OC)c1. The summed E-state index contributed by atoms with van der Waals surface area (Å²) in [5, 5.41) is 3.48. The van der Waals surface area contributed by atoms with Gasteiger partial charge in [0.05, 0.1) is 20.6 Å². The molecule has 0 spiro atoms. The van der Waals surface area contributed by atoms with Gasteiger partial charge in [-0.1, -0.05) is 31.2 Å². The topological polar surface area (TPSA) is 71.6 Å². The summed E-state index contributed by atoms with van der Waals surface area (Å²) in [6.45, 7) is 4.10. The van der Waals surface area contributed by atoms with Crippen LogP contribution in [-0.2, 0) is 17.6 Å². The smallest absolute Gasteiger partial charge is 0.242 e. The maximum Gasteiger partial charge on any atom is 0.242 e. The summed E-state index contributed by atoms with van der Waals surface area (Å²) in [6, 6.07) is 11.4. The Balaban J connectivity index is 1.91. The van der Waals surface area contributed by atoms with Crippen molar-refractivity contribution in [3.05, 3.63) is 53.1 Å². The number of para-hydroxylation sites is 1. The molecule has 0 aliphatic rings. The van der Waals surface area contributed by atoms with Crippen LogP contribution in [0.4, 0.5) is 5.69 Å². The second kappa shape index (κ2) is 9.78. The average Bonchev–Trinajstić information content (AvgIpc) is 2.67. The molecule has 3 N–H and O–H groups in total. The minimum absolute atomic E-state index is 0.181. The van der Waals surface area contributed by atoms with Gasteiger partial charge in [0.15, 0.2) is 16.6 Å². The van der Waals surface area contributed by atoms with E-state index in [0.717, 1.165) is 28.8 Å². The molecule has 7 heteroatoms. The highest BCUT2D eigenvalue weighted by atomic mass is 32.1. The zero-order chi connectivity index (χ0) is 19.8. The molecule has 0 unspecified atom stereocenters. The summed E-state index contributed by atoms with van der Waals surface area (Å²) >= 11 is 5.29. The largest absolute Gasteiger partial charge is 0.493 e. The van der Waals surface area contributed by atoms with E-state index in [4.69, 9.17) is 21.7 Å². The standard InChI is InChI=1S/C20H25N3O3S/c1-5-15-8-6-7-13(2)19(15)21-20(27)23-22-18(24)12-14-9-10-16(25-3)17(11-14)26-4/h6-11H,5,12H2,1-4H3,(H,22,24)(H2,21,23,27). The minimum atomic E-state index is -0.216. The van der Waals surface area contributed by atoms with E-state index in [1.165, 1.54) is 0 Å². The lowest BCUT2D eigenvalue weighted by molar-refractivity contribution is -0.120. The van der Waals surface area contributed by atoms with Crippen LogP contribution in [0.2, 0.25) is 0 Å². The number of aryl methyl sites for hydroxylation is 2. The molecular weight excluding hydrogens is 362 g/mol. The van der Waals surface area contributed by atoms with Crippen molar-refractivity contribution >= 4 is 28.9 Å². The van der Waals surface area contributed by atoms with Crippen molar-refractivity contribution in [1.82, 2.24) is 10.9 Å². The van der Waals surface area contributed by atoms with Crippen molar-refractivity contribution in [2.75, 3.05) is 19.5 Å². The Morgan fingerprint density at radius 3 is 2.48 bits per heavy atom. The number of rotatable bonds is 6. The van der Waals surface area contributed by atoms with Gasteiger partial charge in [0.25, 0.3) is 0 Å². The number of hydrogen-bond donors (Lipinski definition) is 3. The van der Waals surface area contributed by atoms with E-state index in [0.29, 0.717) is 16.6 Å². The lowest BCUT2D eigenvalue weighted by Crippen LogP contribution is -2.44. The minimum Gasteiger partial charge on any atom is -0.493 e. The van der Waals surface area contributed by atoms with Crippen LogP contribution in [0.5, 0.6) is 11.5 Å². The number of amides is 1. The van der Waals surface area contributed by atoms with Crippen LogP contribution >= 0.6 is 12.2 Å². The number of methoxy groups -OCH3 is 2. The van der Waals surface area contributed by atoms with Gasteiger partial charge < -0.3 is 14.8 Å². The van der Waals surface area contributed by atoms with Gasteiger partial charge in [-0.15, -0.1) is 0 Å². The molecule has 0 saturated heterocycles. The van der Waals surface area contributed by atoms with Crippen LogP contribution in [0.1, 0.15) is 23.6 Å². The Labute approximate surface area is 165 Å². The second-order valence-electron chi connectivity index (χ2n) is 5.96. The highest BCUT2D eigenvalue weighted by molar-refractivity contribution is 7.80. The number of hydrazine groups is 1. The monoisotopic (exact) mass is 387 g/mol. The number of thiocarbonyl (C=S) groups is 1. The molecule has 0 aromatic heterocycles. The summed E-state index contributed by atoms with van der Waals surface area (Å²) < 4.78 is 10.4. The van der Waals surface area contributed by atoms with Crippen molar-refractivity contribution in [2.24, 2.45) is 0 Å². The summed E-state index contributed by atoms with van der Waals surface area (Å²) in [4.78, 5) is 12.2. The number of anilines is 1. The Kier molecular flexibility index (Phi) is 7.43. The zero-order valence-corrected chi connectivity index (χ0v) is 16.8. The molecule has 0 fully saturated rings. The van der Waals surface area contributed by atoms with Crippen molar-refractivity contribution < 1.29 is 14.3 Å². The van der Waals surface area contributed by atoms with Crippen LogP contribution in [0, 0.1) is 6.92 Å². The average molecular weight is 388 g/mol. The first-order valence-electron chi connectivity index (χ1n) is 8.63. The Morgan fingerprint density at radius 1 is 1.07 bits per heavy atom. The molecule has 0 bridgehead atoms. The van der Waals surface area contributed by atoms with Crippen molar-refractivity contribution in [3.63, 3.8) is 0 Å². The van der Waals surface area contributed by atoms with E-state index in [1.807, 2.05) is 31.2 Å². The highest BCUT2D eigenvalue weighted by Crippen LogP contribution is 2.27. The molecule has 0 heterocycles. The first kappa shape index (κ1) is 20.5. The summed E-state index contributed by atoms with van der Waals surface area (Å²) in [5.41, 5.74) is 9.38. The van der Waals surface area contributed by atoms with Crippen LogP contribution in [0.15, 0.2) is 36.4 Å². The van der Waals surface area contributed by atoms with E-state index < -0.39 is 0 Å². The lowest BCUT2D eigenvalue weighted by atomic mass is 10.1. The lowest BCUT2D eigenvalue weighted by Gasteiger charge is -2.16. The first-order chi connectivity index (χ1) is 13.0. The van der Waals surface area contributed by atoms with Gasteiger partial charge >= 0.3 is 0 Å². The molecule has 2 aromatic carbocycles. The van der Waals surface area contributed by atoms with Crippen LogP contribution in [-0.4, -0.2) is 25.2 Å². The Bertz CT molecular complexity index is 824. The molecule has 0 saturated carbocycles. The van der Waals surface area contributed by atoms with Crippen molar-refractivity contribution in [1.29, 1.82) is 0 Å². The summed E-state index contributed by atoms with van der Waals surface area (Å²) in [6.07, 6.45) is 1.07. The number of nitrogens with one attached hydrogen (secondary N) is 3. The van der Waals surface area contributed by atoms with E-state index in [2.05, 4.69) is 23.1 Å². The molecule has 0 aliphatic heterocycles. The van der Waals surface area contributed by atoms with Gasteiger partial charge in [0.1, 0.15) is 0 Å². The Hall–Kier alpha value is -2.80. The predicted molar refractivity (Wildman–Crippen MR) is 111 cm³/mol. The number of ether oxygens (including phenoxy) is 2. The quantitative estimate of drug-likeness (QED) is 0.523. The fourth-order valence-electron chi connectivity index (χ4n) is 2.69. The number of benzene rings is 2. The molecule has 144 valence electrons. The van der Waals surface area contributed by atoms with Gasteiger partial charge in [0, 0.05) is 5.69 Å². The van der Waals surface area contributed by atoms with Crippen molar-refractivity contribution in [2.45, 2.75) is 26.7 Å². The van der Waals surface area contributed by atoms with Gasteiger partial charge in [0.2, 0.25) is 5.91 Å². The summed E-state index contributed by atoms with van der Waals surface area (Å²) in [7, 11) is 3.13. The van der Waals surface area contributed by atoms with E-state index in [9.17, 15) is 4.79 Å². The van der Waals surface area contributed by atoms with Gasteiger partial charge in [-0.3, -0.25) is 15.6 Å². The van der Waals surface area contributed by atoms with E-state index in [1.54, 1.807) is 26.4 Å². The molecule has 0 atom stereocenters. The summed E-state index contributed by atoms with van der Waals surface area (Å²) in [5.74, 6) is 0.988. The third-order valence-electron chi connectivity index (χ3n) is 4.11. The number of carbonyl (C=O) groups excluding carboxylic acids is 1. The molecule has 2 aromatic rings. The maximum atomic E-state index is 12.2. The van der Waals surface area contributed by atoms with E-state index in [-0.39, 0.29) is 12.3 Å². The maximum absolute atomic E-state index is 12.2. The number of carbonyl (C=O) groups is 1. The molecule has 0 aliphatic carbocycles. The zero-order valence-electron chi connectivity index (χ0n) is 16.0. The van der Waals surface area contributed by atoms with Crippen molar-refractivity contribution in [3.8, 4) is 11.5 Å². The first-order valence-corrected chi connectivity index (χ1v) is 9.04. The predicted octanol–water partition coefficient (Wildman–Crippen LogP) is 3.13. The molecule has 6 nitrogen and oxygen atoms in total. The van der Waals surface area contributed by atoms with Crippen LogP contribution in [0.25, 0.3) is 0 Å². The fourth-order valence-corrected chi connectivity index (χ4v) is 2.85. The molecule has 1 amide bonds. The molecule has 2 rings (SSSR count). The molecule has 27 heavy (non-hydrogen) atoms. The third-order valence-corrected chi connectivity index (χ3v) is 4.31.